The van der Waals surface area contributed by atoms with Crippen molar-refractivity contribution in [2.45, 2.75) is 37.8 Å². The van der Waals surface area contributed by atoms with Crippen molar-refractivity contribution < 1.29 is 9.90 Å². The number of aliphatic hydroxyl groups is 1. The van der Waals surface area contributed by atoms with Crippen LogP contribution in [0.5, 0.6) is 0 Å². The van der Waals surface area contributed by atoms with Crippen LogP contribution in [-0.2, 0) is 17.8 Å². The highest BCUT2D eigenvalue weighted by Crippen LogP contribution is 2.24. The zero-order valence-corrected chi connectivity index (χ0v) is 17.8. The van der Waals surface area contributed by atoms with Crippen LogP contribution in [0.1, 0.15) is 30.5 Å². The summed E-state index contributed by atoms with van der Waals surface area (Å²) in [7, 11) is 1.61. The van der Waals surface area contributed by atoms with E-state index in [2.05, 4.69) is 9.98 Å². The first-order valence-corrected chi connectivity index (χ1v) is 10.4. The Balaban J connectivity index is 1.57. The van der Waals surface area contributed by atoms with Crippen LogP contribution in [0.25, 0.3) is 5.57 Å². The normalized spacial score (nSPS) is 16.6. The number of nitrogens with two attached hydrogens (primary N) is 1. The van der Waals surface area contributed by atoms with E-state index in [9.17, 15) is 14.7 Å². The number of benzene rings is 1. The maximum atomic E-state index is 12.5. The number of hydrogen-bond acceptors (Lipinski definition) is 6. The minimum Gasteiger partial charge on any atom is -0.404 e. The average molecular weight is 424 g/mol. The van der Waals surface area contributed by atoms with Gasteiger partial charge in [0.15, 0.2) is 0 Å². The molecule has 0 bridgehead atoms. The Hall–Kier alpha value is -3.26. The van der Waals surface area contributed by atoms with Crippen LogP contribution in [0.3, 0.4) is 0 Å². The third-order valence-electron chi connectivity index (χ3n) is 5.60. The highest BCUT2D eigenvalue weighted by atomic mass is 16.3. The molecule has 0 radical (unpaired) electrons. The van der Waals surface area contributed by atoms with E-state index in [1.54, 1.807) is 11.9 Å². The summed E-state index contributed by atoms with van der Waals surface area (Å²) in [4.78, 5) is 35.0. The second-order valence-corrected chi connectivity index (χ2v) is 7.84. The number of carbonyl (C=O) groups excluding carboxylic acids is 1. The van der Waals surface area contributed by atoms with E-state index < -0.39 is 5.60 Å². The Morgan fingerprint density at radius 2 is 2.00 bits per heavy atom. The highest BCUT2D eigenvalue weighted by molar-refractivity contribution is 6.08. The zero-order chi connectivity index (χ0) is 22.3. The molecule has 1 fully saturated rings. The molecule has 1 aliphatic heterocycles. The molecule has 8 nitrogen and oxygen atoms in total. The topological polar surface area (TPSA) is 114 Å². The largest absolute Gasteiger partial charge is 0.404 e. The summed E-state index contributed by atoms with van der Waals surface area (Å²) in [5.74, 6) is 0.0905. The molecule has 0 spiro atoms. The van der Waals surface area contributed by atoms with Gasteiger partial charge in [0.25, 0.3) is 5.56 Å². The monoisotopic (exact) mass is 423 g/mol. The molecule has 31 heavy (non-hydrogen) atoms. The Labute approximate surface area is 181 Å². The van der Waals surface area contributed by atoms with Gasteiger partial charge in [-0.3, -0.25) is 19.1 Å². The molecule has 1 aliphatic rings. The van der Waals surface area contributed by atoms with Crippen LogP contribution in [0, 0.1) is 0 Å². The summed E-state index contributed by atoms with van der Waals surface area (Å²) in [5, 5.41) is 11.0. The number of aromatic nitrogens is 2. The van der Waals surface area contributed by atoms with E-state index in [0.717, 1.165) is 5.56 Å². The van der Waals surface area contributed by atoms with Crippen molar-refractivity contribution in [1.29, 1.82) is 0 Å². The number of aliphatic imine (C=N–C) groups is 1. The third-order valence-corrected chi connectivity index (χ3v) is 5.60. The molecular formula is C23H29N5O3. The molecule has 3 rings (SSSR count). The fourth-order valence-corrected chi connectivity index (χ4v) is 3.74. The summed E-state index contributed by atoms with van der Waals surface area (Å²) >= 11 is 0. The maximum Gasteiger partial charge on any atom is 0.253 e. The van der Waals surface area contributed by atoms with Gasteiger partial charge in [0.1, 0.15) is 0 Å². The number of likely N-dealkylation sites (tertiary alicyclic amines) is 1. The first kappa shape index (κ1) is 22.4. The number of rotatable bonds is 7. The lowest BCUT2D eigenvalue weighted by Crippen LogP contribution is -2.49. The predicted octanol–water partition coefficient (Wildman–Crippen LogP) is 1.23. The van der Waals surface area contributed by atoms with Gasteiger partial charge >= 0.3 is 0 Å². The van der Waals surface area contributed by atoms with E-state index in [4.69, 9.17) is 5.73 Å². The Morgan fingerprint density at radius 3 is 2.61 bits per heavy atom. The number of piperidine rings is 1. The van der Waals surface area contributed by atoms with Crippen LogP contribution >= 0.6 is 0 Å². The summed E-state index contributed by atoms with van der Waals surface area (Å²) in [6, 6.07) is 11.3. The first-order valence-electron chi connectivity index (χ1n) is 10.4. The van der Waals surface area contributed by atoms with Crippen molar-refractivity contribution in [3.63, 3.8) is 0 Å². The van der Waals surface area contributed by atoms with Crippen molar-refractivity contribution in [2.75, 3.05) is 20.1 Å². The summed E-state index contributed by atoms with van der Waals surface area (Å²) in [6.07, 6.45) is 6.27. The van der Waals surface area contributed by atoms with E-state index >= 15 is 0 Å². The molecule has 1 amide bonds. The highest BCUT2D eigenvalue weighted by Gasteiger charge is 2.34. The molecule has 2 heterocycles. The molecule has 0 saturated carbocycles. The Kier molecular flexibility index (Phi) is 7.36. The molecular weight excluding hydrogens is 394 g/mol. The Bertz CT molecular complexity index is 1010. The number of carbonyl (C=O) groups is 1. The van der Waals surface area contributed by atoms with Gasteiger partial charge in [-0.25, -0.2) is 4.98 Å². The standard InChI is InChI=1S/C23H29N5O3/c1-25-15-19(14-24)20-13-22(30)28(17-26-20)16-23(31)9-11-27(12-10-23)21(29)8-7-18-5-3-2-4-6-18/h2-6,13-15,17,31H,7-12,16,24H2,1H3. The van der Waals surface area contributed by atoms with Gasteiger partial charge in [-0.15, -0.1) is 0 Å². The van der Waals surface area contributed by atoms with Crippen molar-refractivity contribution in [3.8, 4) is 0 Å². The van der Waals surface area contributed by atoms with Gasteiger partial charge in [-0.1, -0.05) is 30.3 Å². The van der Waals surface area contributed by atoms with Crippen LogP contribution in [-0.4, -0.2) is 57.4 Å². The zero-order valence-electron chi connectivity index (χ0n) is 17.8. The second-order valence-electron chi connectivity index (χ2n) is 7.84. The molecule has 1 aromatic carbocycles. The fraction of sp³-hybridized carbons (Fsp3) is 0.391. The van der Waals surface area contributed by atoms with Gasteiger partial charge in [0, 0.05) is 50.6 Å². The van der Waals surface area contributed by atoms with E-state index in [0.29, 0.717) is 50.0 Å². The lowest BCUT2D eigenvalue weighted by molar-refractivity contribution is -0.135. The minimum absolute atomic E-state index is 0.0905. The van der Waals surface area contributed by atoms with Gasteiger partial charge in [0.2, 0.25) is 5.91 Å². The van der Waals surface area contributed by atoms with Crippen molar-refractivity contribution in [2.24, 2.45) is 10.7 Å². The second kappa shape index (κ2) is 10.2. The summed E-state index contributed by atoms with van der Waals surface area (Å²) in [5.41, 5.74) is 6.35. The number of nitrogens with zero attached hydrogens (tertiary/aromatic N) is 4. The first-order chi connectivity index (χ1) is 14.9. The smallest absolute Gasteiger partial charge is 0.253 e. The van der Waals surface area contributed by atoms with Gasteiger partial charge in [0.05, 0.1) is 24.2 Å². The predicted molar refractivity (Wildman–Crippen MR) is 121 cm³/mol. The lowest BCUT2D eigenvalue weighted by Gasteiger charge is -2.38. The molecule has 1 aromatic heterocycles. The average Bonchev–Trinajstić information content (AvgIpc) is 2.78. The van der Waals surface area contributed by atoms with Crippen molar-refractivity contribution in [1.82, 2.24) is 14.5 Å². The molecule has 3 N–H and O–H groups in total. The SMILES string of the molecule is CN=CC(=CN)c1cc(=O)n(CC2(O)CCN(C(=O)CCc3ccccc3)CC2)cn1. The molecule has 1 saturated heterocycles. The van der Waals surface area contributed by atoms with Gasteiger partial charge in [-0.05, 0) is 24.8 Å². The van der Waals surface area contributed by atoms with Crippen molar-refractivity contribution in [3.05, 3.63) is 70.5 Å². The number of allylic oxidation sites excluding steroid dienone is 1. The number of hydrogen-bond donors (Lipinski definition) is 2. The molecule has 0 unspecified atom stereocenters. The van der Waals surface area contributed by atoms with Crippen LogP contribution < -0.4 is 11.3 Å². The summed E-state index contributed by atoms with van der Waals surface area (Å²) in [6.45, 7) is 1.07. The fourth-order valence-electron chi connectivity index (χ4n) is 3.74. The minimum atomic E-state index is -1.05. The van der Waals surface area contributed by atoms with E-state index in [-0.39, 0.29) is 18.0 Å². The van der Waals surface area contributed by atoms with Crippen LogP contribution in [0.2, 0.25) is 0 Å². The molecule has 0 atom stereocenters. The van der Waals surface area contributed by atoms with E-state index in [1.807, 2.05) is 30.3 Å². The third kappa shape index (κ3) is 5.88. The molecule has 2 aromatic rings. The molecule has 164 valence electrons. The quantitative estimate of drug-likeness (QED) is 0.650. The van der Waals surface area contributed by atoms with Crippen LogP contribution in [0.15, 0.2) is 58.7 Å². The number of aryl methyl sites for hydroxylation is 1. The molecule has 0 aliphatic carbocycles. The summed E-state index contributed by atoms with van der Waals surface area (Å²) < 4.78 is 1.40. The van der Waals surface area contributed by atoms with Gasteiger partial charge < -0.3 is 15.7 Å². The number of amides is 1. The molecule has 8 heteroatoms. The maximum absolute atomic E-state index is 12.5. The lowest BCUT2D eigenvalue weighted by atomic mass is 9.91. The Morgan fingerprint density at radius 1 is 1.29 bits per heavy atom. The van der Waals surface area contributed by atoms with E-state index in [1.165, 1.54) is 29.4 Å². The van der Waals surface area contributed by atoms with Crippen molar-refractivity contribution >= 4 is 17.7 Å². The van der Waals surface area contributed by atoms with Crippen LogP contribution in [0.4, 0.5) is 0 Å². The van der Waals surface area contributed by atoms with Gasteiger partial charge in [-0.2, -0.15) is 0 Å².